The van der Waals surface area contributed by atoms with Crippen molar-refractivity contribution in [2.75, 3.05) is 11.9 Å². The Labute approximate surface area is 134 Å². The second kappa shape index (κ2) is 7.84. The van der Waals surface area contributed by atoms with Gasteiger partial charge in [-0.2, -0.15) is 0 Å². The van der Waals surface area contributed by atoms with Crippen molar-refractivity contribution < 1.29 is 14.3 Å². The summed E-state index contributed by atoms with van der Waals surface area (Å²) in [6.45, 7) is 2.28. The van der Waals surface area contributed by atoms with Crippen LogP contribution in [0, 0.1) is 6.92 Å². The van der Waals surface area contributed by atoms with Crippen molar-refractivity contribution in [2.24, 2.45) is 5.73 Å². The van der Waals surface area contributed by atoms with Crippen LogP contribution in [0.4, 0.5) is 10.5 Å². The lowest BCUT2D eigenvalue weighted by atomic mass is 10.1. The van der Waals surface area contributed by atoms with Crippen LogP contribution in [0.5, 0.6) is 5.75 Å². The number of carbonyl (C=O) groups excluding carboxylic acids is 2. The van der Waals surface area contributed by atoms with Crippen LogP contribution in [0.25, 0.3) is 0 Å². The Morgan fingerprint density at radius 2 is 1.78 bits per heavy atom. The highest BCUT2D eigenvalue weighted by atomic mass is 16.5. The zero-order valence-electron chi connectivity index (χ0n) is 12.8. The predicted octanol–water partition coefficient (Wildman–Crippen LogP) is 2.18. The van der Waals surface area contributed by atoms with Crippen LogP contribution in [0.15, 0.2) is 48.5 Å². The molecule has 6 nitrogen and oxygen atoms in total. The molecule has 0 bridgehead atoms. The van der Waals surface area contributed by atoms with Gasteiger partial charge in [-0.15, -0.1) is 0 Å². The molecule has 6 heteroatoms. The summed E-state index contributed by atoms with van der Waals surface area (Å²) in [5, 5.41) is 5.53. The molecule has 0 radical (unpaired) electrons. The number of benzene rings is 2. The normalized spacial score (nSPS) is 9.96. The lowest BCUT2D eigenvalue weighted by Gasteiger charge is -2.10. The molecule has 0 saturated heterocycles. The van der Waals surface area contributed by atoms with Crippen LogP contribution in [0.1, 0.15) is 11.1 Å². The number of urea groups is 1. The topological polar surface area (TPSA) is 93.4 Å². The van der Waals surface area contributed by atoms with E-state index in [1.165, 1.54) is 0 Å². The van der Waals surface area contributed by atoms with Crippen LogP contribution in [-0.2, 0) is 11.3 Å². The third kappa shape index (κ3) is 5.35. The minimum absolute atomic E-state index is 0.177. The Balaban J connectivity index is 1.83. The zero-order valence-corrected chi connectivity index (χ0v) is 12.8. The average molecular weight is 313 g/mol. The first kappa shape index (κ1) is 16.4. The van der Waals surface area contributed by atoms with E-state index in [0.717, 1.165) is 11.1 Å². The van der Waals surface area contributed by atoms with Gasteiger partial charge in [0.1, 0.15) is 5.75 Å². The van der Waals surface area contributed by atoms with Crippen molar-refractivity contribution in [3.05, 3.63) is 59.7 Å². The predicted molar refractivity (Wildman–Crippen MR) is 88.2 cm³/mol. The summed E-state index contributed by atoms with van der Waals surface area (Å²) in [5.74, 6) is -0.0301. The van der Waals surface area contributed by atoms with Gasteiger partial charge in [-0.3, -0.25) is 4.79 Å². The molecule has 0 unspecified atom stereocenters. The summed E-state index contributed by atoms with van der Waals surface area (Å²) in [6.07, 6.45) is 0. The summed E-state index contributed by atoms with van der Waals surface area (Å²) in [4.78, 5) is 22.5. The first-order chi connectivity index (χ1) is 11.0. The monoisotopic (exact) mass is 313 g/mol. The van der Waals surface area contributed by atoms with E-state index in [9.17, 15) is 9.59 Å². The van der Waals surface area contributed by atoms with Gasteiger partial charge in [0.2, 0.25) is 0 Å². The van der Waals surface area contributed by atoms with Crippen molar-refractivity contribution in [1.82, 2.24) is 5.32 Å². The fraction of sp³-hybridized carbons (Fsp3) is 0.176. The van der Waals surface area contributed by atoms with E-state index < -0.39 is 5.91 Å². The number of rotatable bonds is 6. The summed E-state index contributed by atoms with van der Waals surface area (Å²) in [6, 6.07) is 14.2. The van der Waals surface area contributed by atoms with E-state index >= 15 is 0 Å². The zero-order chi connectivity index (χ0) is 16.7. The second-order valence-corrected chi connectivity index (χ2v) is 5.01. The molecule has 0 aromatic heterocycles. The van der Waals surface area contributed by atoms with Crippen molar-refractivity contribution in [1.29, 1.82) is 0 Å². The van der Waals surface area contributed by atoms with Gasteiger partial charge in [-0.05, 0) is 42.3 Å². The maximum atomic E-state index is 11.9. The fourth-order valence-corrected chi connectivity index (χ4v) is 1.95. The lowest BCUT2D eigenvalue weighted by molar-refractivity contribution is -0.119. The molecule has 2 aromatic carbocycles. The highest BCUT2D eigenvalue weighted by Crippen LogP contribution is 2.15. The van der Waals surface area contributed by atoms with Gasteiger partial charge < -0.3 is 21.1 Å². The molecule has 0 heterocycles. The van der Waals surface area contributed by atoms with Gasteiger partial charge in [-0.25, -0.2) is 4.79 Å². The van der Waals surface area contributed by atoms with E-state index in [0.29, 0.717) is 18.0 Å². The second-order valence-electron chi connectivity index (χ2n) is 5.01. The van der Waals surface area contributed by atoms with Crippen molar-refractivity contribution in [3.63, 3.8) is 0 Å². The minimum atomic E-state index is -0.539. The minimum Gasteiger partial charge on any atom is -0.484 e. The molecule has 23 heavy (non-hydrogen) atoms. The standard InChI is InChI=1S/C17H19N3O3/c1-12-4-2-3-5-13(12)10-19-17(22)20-14-6-8-15(9-7-14)23-11-16(18)21/h2-9H,10-11H2,1H3,(H2,18,21)(H2,19,20,22). The lowest BCUT2D eigenvalue weighted by Crippen LogP contribution is -2.28. The molecule has 0 saturated carbocycles. The SMILES string of the molecule is Cc1ccccc1CNC(=O)Nc1ccc(OCC(N)=O)cc1. The number of nitrogens with two attached hydrogens (primary N) is 1. The number of hydrogen-bond donors (Lipinski definition) is 3. The number of anilines is 1. The maximum Gasteiger partial charge on any atom is 0.319 e. The number of hydrogen-bond acceptors (Lipinski definition) is 3. The van der Waals surface area contributed by atoms with Gasteiger partial charge in [0.05, 0.1) is 0 Å². The molecular formula is C17H19N3O3. The van der Waals surface area contributed by atoms with E-state index in [1.807, 2.05) is 31.2 Å². The van der Waals surface area contributed by atoms with E-state index in [2.05, 4.69) is 10.6 Å². The molecule has 0 fully saturated rings. The van der Waals surface area contributed by atoms with Crippen LogP contribution < -0.4 is 21.1 Å². The Morgan fingerprint density at radius 1 is 1.09 bits per heavy atom. The van der Waals surface area contributed by atoms with Gasteiger partial charge in [0, 0.05) is 12.2 Å². The van der Waals surface area contributed by atoms with Gasteiger partial charge in [0.25, 0.3) is 5.91 Å². The van der Waals surface area contributed by atoms with Gasteiger partial charge >= 0.3 is 6.03 Å². The Kier molecular flexibility index (Phi) is 5.57. The maximum absolute atomic E-state index is 11.9. The fourth-order valence-electron chi connectivity index (χ4n) is 1.95. The van der Waals surface area contributed by atoms with Crippen LogP contribution in [-0.4, -0.2) is 18.5 Å². The smallest absolute Gasteiger partial charge is 0.319 e. The van der Waals surface area contributed by atoms with Gasteiger partial charge in [0.15, 0.2) is 6.61 Å². The number of ether oxygens (including phenoxy) is 1. The quantitative estimate of drug-likeness (QED) is 0.763. The third-order valence-corrected chi connectivity index (χ3v) is 3.19. The molecule has 0 aliphatic rings. The molecule has 0 aliphatic carbocycles. The largest absolute Gasteiger partial charge is 0.484 e. The highest BCUT2D eigenvalue weighted by Gasteiger charge is 2.04. The number of nitrogens with one attached hydrogen (secondary N) is 2. The third-order valence-electron chi connectivity index (χ3n) is 3.19. The van der Waals surface area contributed by atoms with Crippen molar-refractivity contribution in [2.45, 2.75) is 13.5 Å². The van der Waals surface area contributed by atoms with E-state index in [1.54, 1.807) is 24.3 Å². The first-order valence-electron chi connectivity index (χ1n) is 7.15. The van der Waals surface area contributed by atoms with E-state index in [4.69, 9.17) is 10.5 Å². The molecule has 2 rings (SSSR count). The Bertz CT molecular complexity index is 684. The average Bonchev–Trinajstić information content (AvgIpc) is 2.53. The molecule has 120 valence electrons. The summed E-state index contributed by atoms with van der Waals surface area (Å²) < 4.78 is 5.14. The summed E-state index contributed by atoms with van der Waals surface area (Å²) >= 11 is 0. The summed E-state index contributed by atoms with van der Waals surface area (Å²) in [7, 11) is 0. The van der Waals surface area contributed by atoms with Crippen LogP contribution >= 0.6 is 0 Å². The molecule has 0 spiro atoms. The van der Waals surface area contributed by atoms with E-state index in [-0.39, 0.29) is 12.6 Å². The molecule has 2 aromatic rings. The Hall–Kier alpha value is -3.02. The number of carbonyl (C=O) groups is 2. The number of aryl methyl sites for hydroxylation is 1. The van der Waals surface area contributed by atoms with Crippen molar-refractivity contribution in [3.8, 4) is 5.75 Å². The highest BCUT2D eigenvalue weighted by molar-refractivity contribution is 5.89. The molecule has 4 N–H and O–H groups in total. The van der Waals surface area contributed by atoms with Crippen molar-refractivity contribution >= 4 is 17.6 Å². The molecular weight excluding hydrogens is 294 g/mol. The van der Waals surface area contributed by atoms with Crippen LogP contribution in [0.3, 0.4) is 0 Å². The number of amides is 3. The van der Waals surface area contributed by atoms with Crippen LogP contribution in [0.2, 0.25) is 0 Å². The molecule has 0 aliphatic heterocycles. The summed E-state index contributed by atoms with van der Waals surface area (Å²) in [5.41, 5.74) is 7.82. The molecule has 0 atom stereocenters. The first-order valence-corrected chi connectivity index (χ1v) is 7.15. The molecule has 3 amide bonds. The Morgan fingerprint density at radius 3 is 2.43 bits per heavy atom. The van der Waals surface area contributed by atoms with Gasteiger partial charge in [-0.1, -0.05) is 24.3 Å². The number of primary amides is 1.